The summed E-state index contributed by atoms with van der Waals surface area (Å²) in [5, 5.41) is 9.33. The number of amides is 1. The standard InChI is InChI=1S/C31H33ClFNO4/c1-3-4-5-21-6-8-22(9-7-21)20-34(15-14-29(35)36)30(37)24-11-13-28-25(17-24)19-31(2,38-28)18-23-10-12-27(33)26(32)16-23/h6-13,16-17H,3-5,14-15,18-20H2,1-2H3,(H,35,36). The number of carboxylic acid groups (broad SMARTS) is 1. The molecular formula is C31H33ClFNO4. The van der Waals surface area contributed by atoms with Gasteiger partial charge >= 0.3 is 5.97 Å². The van der Waals surface area contributed by atoms with Crippen molar-refractivity contribution >= 4 is 23.5 Å². The van der Waals surface area contributed by atoms with Gasteiger partial charge in [-0.15, -0.1) is 0 Å². The molecule has 0 spiro atoms. The van der Waals surface area contributed by atoms with Crippen LogP contribution in [-0.2, 0) is 30.6 Å². The Morgan fingerprint density at radius 1 is 1.05 bits per heavy atom. The number of ether oxygens (including phenoxy) is 1. The van der Waals surface area contributed by atoms with Gasteiger partial charge in [0, 0.05) is 31.5 Å². The smallest absolute Gasteiger partial charge is 0.305 e. The first-order chi connectivity index (χ1) is 18.2. The first-order valence-electron chi connectivity index (χ1n) is 13.0. The highest BCUT2D eigenvalue weighted by Crippen LogP contribution is 2.38. The molecule has 3 aromatic rings. The number of rotatable bonds is 11. The molecule has 1 heterocycles. The van der Waals surface area contributed by atoms with Gasteiger partial charge in [-0.05, 0) is 72.4 Å². The molecule has 0 radical (unpaired) electrons. The zero-order valence-corrected chi connectivity index (χ0v) is 22.6. The first kappa shape index (κ1) is 27.6. The van der Waals surface area contributed by atoms with E-state index < -0.39 is 17.4 Å². The lowest BCUT2D eigenvalue weighted by Crippen LogP contribution is -2.33. The minimum Gasteiger partial charge on any atom is -0.487 e. The van der Waals surface area contributed by atoms with Crippen molar-refractivity contribution in [1.29, 1.82) is 0 Å². The van der Waals surface area contributed by atoms with E-state index in [9.17, 15) is 19.1 Å². The van der Waals surface area contributed by atoms with E-state index in [1.807, 2.05) is 25.1 Å². The van der Waals surface area contributed by atoms with Gasteiger partial charge in [-0.3, -0.25) is 9.59 Å². The van der Waals surface area contributed by atoms with Crippen molar-refractivity contribution in [2.45, 2.75) is 64.5 Å². The van der Waals surface area contributed by atoms with E-state index in [1.165, 1.54) is 11.6 Å². The van der Waals surface area contributed by atoms with Crippen LogP contribution in [0.2, 0.25) is 5.02 Å². The highest BCUT2D eigenvalue weighted by Gasteiger charge is 2.35. The van der Waals surface area contributed by atoms with Crippen molar-refractivity contribution < 1.29 is 23.8 Å². The number of hydrogen-bond acceptors (Lipinski definition) is 3. The van der Waals surface area contributed by atoms with Gasteiger partial charge in [0.1, 0.15) is 17.2 Å². The first-order valence-corrected chi connectivity index (χ1v) is 13.4. The topological polar surface area (TPSA) is 66.8 Å². The molecule has 1 N–H and O–H groups in total. The highest BCUT2D eigenvalue weighted by atomic mass is 35.5. The van der Waals surface area contributed by atoms with Crippen molar-refractivity contribution in [3.63, 3.8) is 0 Å². The fraction of sp³-hybridized carbons (Fsp3) is 0.355. The van der Waals surface area contributed by atoms with Crippen molar-refractivity contribution in [1.82, 2.24) is 4.90 Å². The minimum absolute atomic E-state index is 0.0755. The molecule has 0 saturated heterocycles. The molecule has 1 unspecified atom stereocenters. The monoisotopic (exact) mass is 537 g/mol. The Hall–Kier alpha value is -3.38. The van der Waals surface area contributed by atoms with Crippen LogP contribution in [0.15, 0.2) is 60.7 Å². The van der Waals surface area contributed by atoms with Gasteiger partial charge in [0.05, 0.1) is 11.4 Å². The van der Waals surface area contributed by atoms with Gasteiger partial charge in [-0.25, -0.2) is 4.39 Å². The van der Waals surface area contributed by atoms with E-state index >= 15 is 0 Å². The van der Waals surface area contributed by atoms with Gasteiger partial charge in [0.25, 0.3) is 5.91 Å². The fourth-order valence-corrected chi connectivity index (χ4v) is 5.12. The maximum absolute atomic E-state index is 13.6. The number of fused-ring (bicyclic) bond motifs is 1. The maximum atomic E-state index is 13.6. The summed E-state index contributed by atoms with van der Waals surface area (Å²) in [6.07, 6.45) is 4.25. The number of aliphatic carboxylic acids is 1. The number of aryl methyl sites for hydroxylation is 1. The average Bonchev–Trinajstić information content (AvgIpc) is 3.22. The normalized spacial score (nSPS) is 16.1. The molecule has 3 aromatic carbocycles. The molecule has 0 saturated carbocycles. The summed E-state index contributed by atoms with van der Waals surface area (Å²) in [5.41, 5.74) is 3.91. The largest absolute Gasteiger partial charge is 0.487 e. The summed E-state index contributed by atoms with van der Waals surface area (Å²) in [5.74, 6) is -0.920. The predicted octanol–water partition coefficient (Wildman–Crippen LogP) is 6.88. The Morgan fingerprint density at radius 3 is 2.45 bits per heavy atom. The molecule has 200 valence electrons. The number of carboxylic acids is 1. The third-order valence-corrected chi connectivity index (χ3v) is 7.18. The molecule has 1 aliphatic rings. The number of carbonyl (C=O) groups excluding carboxylic acids is 1. The minimum atomic E-state index is -0.947. The maximum Gasteiger partial charge on any atom is 0.305 e. The van der Waals surface area contributed by atoms with Crippen LogP contribution < -0.4 is 4.74 Å². The third-order valence-electron chi connectivity index (χ3n) is 6.89. The van der Waals surface area contributed by atoms with Gasteiger partial charge in [0.2, 0.25) is 0 Å². The molecule has 38 heavy (non-hydrogen) atoms. The summed E-state index contributed by atoms with van der Waals surface area (Å²) in [7, 11) is 0. The Kier molecular flexibility index (Phi) is 8.72. The van der Waals surface area contributed by atoms with Crippen LogP contribution in [0, 0.1) is 5.82 Å². The van der Waals surface area contributed by atoms with Crippen LogP contribution in [-0.4, -0.2) is 34.0 Å². The van der Waals surface area contributed by atoms with E-state index in [4.69, 9.17) is 16.3 Å². The number of nitrogens with zero attached hydrogens (tertiary/aromatic N) is 1. The van der Waals surface area contributed by atoms with Gasteiger partial charge in [0.15, 0.2) is 0 Å². The summed E-state index contributed by atoms with van der Waals surface area (Å²) < 4.78 is 19.8. The van der Waals surface area contributed by atoms with Crippen LogP contribution >= 0.6 is 11.6 Å². The van der Waals surface area contributed by atoms with Gasteiger partial charge in [-0.1, -0.05) is 55.3 Å². The zero-order chi connectivity index (χ0) is 27.3. The van der Waals surface area contributed by atoms with Crippen LogP contribution in [0.25, 0.3) is 0 Å². The molecule has 1 amide bonds. The van der Waals surface area contributed by atoms with E-state index in [2.05, 4.69) is 19.1 Å². The van der Waals surface area contributed by atoms with E-state index in [0.717, 1.165) is 36.0 Å². The van der Waals surface area contributed by atoms with Crippen LogP contribution in [0.4, 0.5) is 4.39 Å². The second-order valence-corrected chi connectivity index (χ2v) is 10.7. The Morgan fingerprint density at radius 2 is 1.76 bits per heavy atom. The number of benzene rings is 3. The quantitative estimate of drug-likeness (QED) is 0.290. The third kappa shape index (κ3) is 6.93. The molecular weight excluding hydrogens is 505 g/mol. The zero-order valence-electron chi connectivity index (χ0n) is 21.8. The van der Waals surface area contributed by atoms with Crippen molar-refractivity contribution in [2.24, 2.45) is 0 Å². The summed E-state index contributed by atoms with van der Waals surface area (Å²) >= 11 is 5.96. The van der Waals surface area contributed by atoms with Crippen molar-refractivity contribution in [3.8, 4) is 5.75 Å². The molecule has 0 aliphatic carbocycles. The Labute approximate surface area is 228 Å². The van der Waals surface area contributed by atoms with Crippen molar-refractivity contribution in [2.75, 3.05) is 6.54 Å². The molecule has 1 atom stereocenters. The second kappa shape index (κ2) is 12.0. The van der Waals surface area contributed by atoms with Crippen LogP contribution in [0.5, 0.6) is 5.75 Å². The molecule has 7 heteroatoms. The van der Waals surface area contributed by atoms with Crippen molar-refractivity contribution in [3.05, 3.63) is 99.3 Å². The number of carbonyl (C=O) groups is 2. The van der Waals surface area contributed by atoms with Crippen LogP contribution in [0.1, 0.15) is 65.7 Å². The predicted molar refractivity (Wildman–Crippen MR) is 146 cm³/mol. The second-order valence-electron chi connectivity index (χ2n) is 10.3. The molecule has 0 fully saturated rings. The van der Waals surface area contributed by atoms with E-state index in [1.54, 1.807) is 29.2 Å². The highest BCUT2D eigenvalue weighted by molar-refractivity contribution is 6.30. The molecule has 0 bridgehead atoms. The summed E-state index contributed by atoms with van der Waals surface area (Å²) in [6, 6.07) is 18.2. The number of hydrogen-bond donors (Lipinski definition) is 1. The molecule has 5 nitrogen and oxygen atoms in total. The Bertz CT molecular complexity index is 1310. The molecule has 4 rings (SSSR count). The van der Waals surface area contributed by atoms with E-state index in [-0.39, 0.29) is 23.9 Å². The molecule has 1 aliphatic heterocycles. The summed E-state index contributed by atoms with van der Waals surface area (Å²) in [6.45, 7) is 4.59. The number of unbranched alkanes of at least 4 members (excludes halogenated alkanes) is 1. The number of halogens is 2. The Balaban J connectivity index is 1.49. The van der Waals surface area contributed by atoms with Gasteiger partial charge < -0.3 is 14.7 Å². The molecule has 0 aromatic heterocycles. The lowest BCUT2D eigenvalue weighted by Gasteiger charge is -2.24. The average molecular weight is 538 g/mol. The summed E-state index contributed by atoms with van der Waals surface area (Å²) in [4.78, 5) is 26.4. The lowest BCUT2D eigenvalue weighted by molar-refractivity contribution is -0.137. The van der Waals surface area contributed by atoms with Crippen LogP contribution in [0.3, 0.4) is 0 Å². The van der Waals surface area contributed by atoms with E-state index in [0.29, 0.717) is 30.7 Å². The fourth-order valence-electron chi connectivity index (χ4n) is 4.91. The lowest BCUT2D eigenvalue weighted by atomic mass is 9.91. The SMILES string of the molecule is CCCCc1ccc(CN(CCC(=O)O)C(=O)c2ccc3c(c2)CC(C)(Cc2ccc(F)c(Cl)c2)O3)cc1. The van der Waals surface area contributed by atoms with Gasteiger partial charge in [-0.2, -0.15) is 0 Å².